The Morgan fingerprint density at radius 2 is 0.482 bits per heavy atom. The van der Waals surface area contributed by atoms with Crippen molar-refractivity contribution in [3.8, 4) is 0 Å². The van der Waals surface area contributed by atoms with E-state index in [1.54, 1.807) is 0 Å². The minimum Gasteiger partial charge on any atom is -0.462 e. The van der Waals surface area contributed by atoms with Crippen LogP contribution in [0.4, 0.5) is 0 Å². The fourth-order valence-electron chi connectivity index (χ4n) is 10.1. The van der Waals surface area contributed by atoms with Crippen molar-refractivity contribution in [3.63, 3.8) is 0 Å². The van der Waals surface area contributed by atoms with Crippen LogP contribution in [0, 0.1) is 0 Å². The summed E-state index contributed by atoms with van der Waals surface area (Å²) in [5.41, 5.74) is 0. The van der Waals surface area contributed by atoms with E-state index < -0.39 is 97.5 Å². The number of hydrogen-bond acceptors (Lipinski definition) is 15. The van der Waals surface area contributed by atoms with Crippen molar-refractivity contribution in [3.05, 3.63) is 219 Å². The Morgan fingerprint density at radius 3 is 0.795 bits per heavy atom. The second-order valence-electron chi connectivity index (χ2n) is 26.9. The molecule has 0 amide bonds. The van der Waals surface area contributed by atoms with Crippen molar-refractivity contribution in [1.29, 1.82) is 0 Å². The Labute approximate surface area is 677 Å². The fraction of sp³-hybridized carbons (Fsp3) is 0.570. The van der Waals surface area contributed by atoms with E-state index in [-0.39, 0.29) is 25.7 Å². The molecule has 19 heteroatoms. The Balaban J connectivity index is 5.59. The fourth-order valence-corrected chi connectivity index (χ4v) is 11.7. The molecule has 0 aliphatic carbocycles. The van der Waals surface area contributed by atoms with Crippen LogP contribution in [0.15, 0.2) is 219 Å². The average molecular weight is 1600 g/mol. The summed E-state index contributed by atoms with van der Waals surface area (Å²) in [6.45, 7) is 4.34. The molecule has 0 radical (unpaired) electrons. The quantitative estimate of drug-likeness (QED) is 0.0169. The van der Waals surface area contributed by atoms with E-state index in [2.05, 4.69) is 210 Å². The van der Waals surface area contributed by atoms with Gasteiger partial charge >= 0.3 is 39.5 Å². The number of rotatable bonds is 76. The van der Waals surface area contributed by atoms with E-state index in [9.17, 15) is 43.2 Å². The van der Waals surface area contributed by atoms with Crippen molar-refractivity contribution < 1.29 is 80.2 Å². The lowest BCUT2D eigenvalue weighted by atomic mass is 10.1. The molecule has 112 heavy (non-hydrogen) atoms. The highest BCUT2D eigenvalue weighted by Gasteiger charge is 2.30. The molecular formula is C93H146O17P2. The average Bonchev–Trinajstić information content (AvgIpc) is 0.897. The van der Waals surface area contributed by atoms with E-state index in [1.165, 1.54) is 38.5 Å². The van der Waals surface area contributed by atoms with Crippen molar-refractivity contribution in [2.45, 2.75) is 303 Å². The minimum absolute atomic E-state index is 0.0119. The van der Waals surface area contributed by atoms with Crippen LogP contribution >= 0.6 is 15.6 Å². The minimum atomic E-state index is -5.03. The molecule has 0 heterocycles. The third kappa shape index (κ3) is 81.4. The zero-order chi connectivity index (χ0) is 81.7. The second kappa shape index (κ2) is 82.4. The third-order valence-corrected chi connectivity index (χ3v) is 18.3. The third-order valence-electron chi connectivity index (χ3n) is 16.4. The zero-order valence-corrected chi connectivity index (χ0v) is 70.8. The normalized spacial score (nSPS) is 14.9. The molecule has 2 unspecified atom stereocenters. The summed E-state index contributed by atoms with van der Waals surface area (Å²) in [6.07, 6.45) is 105. The van der Waals surface area contributed by atoms with Crippen LogP contribution in [0.25, 0.3) is 0 Å². The first-order valence-electron chi connectivity index (χ1n) is 42.0. The number of phosphoric acid groups is 2. The second-order valence-corrected chi connectivity index (χ2v) is 29.8. The topological polar surface area (TPSA) is 237 Å². The van der Waals surface area contributed by atoms with Crippen molar-refractivity contribution in [2.24, 2.45) is 0 Å². The number of esters is 4. The number of carbonyl (C=O) groups is 4. The van der Waals surface area contributed by atoms with Gasteiger partial charge in [0.2, 0.25) is 0 Å². The van der Waals surface area contributed by atoms with Crippen LogP contribution in [-0.4, -0.2) is 96.7 Å². The largest absolute Gasteiger partial charge is 0.472 e. The van der Waals surface area contributed by atoms with Crippen molar-refractivity contribution in [2.75, 3.05) is 39.6 Å². The molecule has 0 rings (SSSR count). The summed E-state index contributed by atoms with van der Waals surface area (Å²) in [5.74, 6) is -2.45. The molecule has 0 fully saturated rings. The summed E-state index contributed by atoms with van der Waals surface area (Å²) >= 11 is 0. The van der Waals surface area contributed by atoms with Crippen LogP contribution in [-0.2, 0) is 65.4 Å². The molecule has 0 aliphatic heterocycles. The van der Waals surface area contributed by atoms with Gasteiger partial charge in [-0.3, -0.25) is 37.3 Å². The number of unbranched alkanes of at least 4 members (excludes halogenated alkanes) is 14. The summed E-state index contributed by atoms with van der Waals surface area (Å²) in [7, 11) is -10.0. The van der Waals surface area contributed by atoms with Gasteiger partial charge in [0.05, 0.1) is 26.4 Å². The SMILES string of the molecule is CC/C=C\C/C=C\C/C=C\C/C=C\C/C=C\C/C=C\CCC(=O)O[C@H](COC(=O)CC/C=C\C/C=C\C/C=C\C/C=C\C/C=C\CCCCC)COP(=O)(O)OC[C@H](O)COP(=O)(O)OC[C@@H](COC(=O)CCCCC/C=C\C/C=C\C/C=C\C/C=C\C/C=C\CC)OC(=O)CCCCCCC/C=C\C/C=C\CCCCC. The van der Waals surface area contributed by atoms with Crippen LogP contribution < -0.4 is 0 Å². The number of carbonyl (C=O) groups excluding carboxylic acids is 4. The van der Waals surface area contributed by atoms with E-state index in [0.717, 1.165) is 154 Å². The summed E-state index contributed by atoms with van der Waals surface area (Å²) in [6, 6.07) is 0. The van der Waals surface area contributed by atoms with Gasteiger partial charge in [-0.05, 0) is 180 Å². The molecular weight excluding hydrogens is 1450 g/mol. The number of allylic oxidation sites excluding steroid dienone is 36. The van der Waals surface area contributed by atoms with Gasteiger partial charge in [0.15, 0.2) is 12.2 Å². The predicted octanol–water partition coefficient (Wildman–Crippen LogP) is 25.2. The summed E-state index contributed by atoms with van der Waals surface area (Å²) in [5, 5.41) is 10.7. The van der Waals surface area contributed by atoms with Gasteiger partial charge in [0.25, 0.3) is 0 Å². The molecule has 0 saturated carbocycles. The maximum atomic E-state index is 13.1. The number of hydrogen-bond donors (Lipinski definition) is 3. The molecule has 3 N–H and O–H groups in total. The Bertz CT molecular complexity index is 2990. The van der Waals surface area contributed by atoms with Gasteiger partial charge in [-0.2, -0.15) is 0 Å². The van der Waals surface area contributed by atoms with Crippen LogP contribution in [0.3, 0.4) is 0 Å². The number of ether oxygens (including phenoxy) is 4. The molecule has 0 aromatic rings. The molecule has 0 aliphatic rings. The van der Waals surface area contributed by atoms with Crippen molar-refractivity contribution in [1.82, 2.24) is 0 Å². The molecule has 0 spiro atoms. The maximum absolute atomic E-state index is 13.1. The molecule has 0 aromatic carbocycles. The van der Waals surface area contributed by atoms with Crippen LogP contribution in [0.5, 0.6) is 0 Å². The summed E-state index contributed by atoms with van der Waals surface area (Å²) < 4.78 is 68.5. The van der Waals surface area contributed by atoms with Crippen LogP contribution in [0.1, 0.15) is 285 Å². The van der Waals surface area contributed by atoms with Crippen molar-refractivity contribution >= 4 is 39.5 Å². The Kier molecular flexibility index (Phi) is 77.5. The Morgan fingerprint density at radius 1 is 0.259 bits per heavy atom. The zero-order valence-electron chi connectivity index (χ0n) is 69.0. The summed E-state index contributed by atoms with van der Waals surface area (Å²) in [4.78, 5) is 73.2. The lowest BCUT2D eigenvalue weighted by Crippen LogP contribution is -2.30. The number of phosphoric ester groups is 2. The van der Waals surface area contributed by atoms with E-state index >= 15 is 0 Å². The van der Waals surface area contributed by atoms with Gasteiger partial charge in [-0.15, -0.1) is 0 Å². The molecule has 17 nitrogen and oxygen atoms in total. The van der Waals surface area contributed by atoms with E-state index in [0.29, 0.717) is 38.5 Å². The van der Waals surface area contributed by atoms with Gasteiger partial charge in [0, 0.05) is 25.7 Å². The van der Waals surface area contributed by atoms with Gasteiger partial charge in [-0.1, -0.05) is 298 Å². The van der Waals surface area contributed by atoms with Crippen LogP contribution in [0.2, 0.25) is 0 Å². The monoisotopic (exact) mass is 1600 g/mol. The lowest BCUT2D eigenvalue weighted by molar-refractivity contribution is -0.161. The molecule has 0 aromatic heterocycles. The highest BCUT2D eigenvalue weighted by molar-refractivity contribution is 7.47. The standard InChI is InChI=1S/C93H146O17P2/c1-5-9-13-17-21-25-29-33-37-40-43-46-50-53-57-61-65-69-73-77-90(95)103-83-88(109-92(97)79-75-71-67-63-59-55-49-36-32-28-24-20-16-12-8-4)85-107-111(99,100)105-81-87(94)82-106-112(101,102)108-86-89(110-93(98)80-76-72-68-64-60-56-52-48-45-42-39-35-31-27-23-19-15-11-7-3)84-104-91(96)78-74-70-66-62-58-54-51-47-44-41-38-34-30-26-22-18-14-10-6-2/h9,11,13,15,21-28,33-39,43-49,53-54,56-58,60,66,68,70,72,87-89,94H,5-8,10,12,14,16-20,29-32,40-42,50-52,55,59,61-65,67,69,71,73-86H2,1-4H3,(H,99,100)(H,101,102)/b13-9-,15-11-,25-21-,26-22-,27-23-,28-24-,37-33-,38-34-,39-35-,46-43-,47-44-,48-45-,49-36-,57-53-,58-54-,60-56-,70-66-,72-68-/t87-,88-,89-/m1/s1. The highest BCUT2D eigenvalue weighted by Crippen LogP contribution is 2.45. The molecule has 5 atom stereocenters. The highest BCUT2D eigenvalue weighted by atomic mass is 31.2. The smallest absolute Gasteiger partial charge is 0.462 e. The first-order chi connectivity index (χ1) is 54.7. The predicted molar refractivity (Wildman–Crippen MR) is 463 cm³/mol. The maximum Gasteiger partial charge on any atom is 0.472 e. The lowest BCUT2D eigenvalue weighted by Gasteiger charge is -2.21. The van der Waals surface area contributed by atoms with E-state index in [4.69, 9.17) is 37.0 Å². The first kappa shape index (κ1) is 105. The van der Waals surface area contributed by atoms with Gasteiger partial charge < -0.3 is 33.8 Å². The van der Waals surface area contributed by atoms with Gasteiger partial charge in [0.1, 0.15) is 19.3 Å². The molecule has 0 bridgehead atoms. The van der Waals surface area contributed by atoms with E-state index in [1.807, 2.05) is 36.5 Å². The molecule has 0 saturated heterocycles. The number of aliphatic hydroxyl groups is 1. The Hall–Kier alpha value is -6.62. The van der Waals surface area contributed by atoms with Gasteiger partial charge in [-0.25, -0.2) is 9.13 Å². The molecule has 630 valence electrons. The first-order valence-corrected chi connectivity index (χ1v) is 45.0. The number of aliphatic hydroxyl groups excluding tert-OH is 1.